The summed E-state index contributed by atoms with van der Waals surface area (Å²) in [6.07, 6.45) is 3.26. The van der Waals surface area contributed by atoms with Gasteiger partial charge in [-0.15, -0.1) is 0 Å². The highest BCUT2D eigenvalue weighted by Gasteiger charge is 2.30. The number of hydrogen-bond acceptors (Lipinski definition) is 3. The maximum absolute atomic E-state index is 13.4. The number of piperidine rings is 1. The molecule has 2 atom stereocenters. The number of nitrogens with zero attached hydrogens (tertiary/aromatic N) is 2. The normalized spacial score (nSPS) is 18.0. The van der Waals surface area contributed by atoms with Crippen LogP contribution in [0.25, 0.3) is 0 Å². The van der Waals surface area contributed by atoms with Crippen LogP contribution in [-0.4, -0.2) is 42.7 Å². The number of carbonyl (C=O) groups excluding carboxylic acids is 1. The molecule has 5 nitrogen and oxygen atoms in total. The molecule has 30 heavy (non-hydrogen) atoms. The maximum atomic E-state index is 13.4. The minimum absolute atomic E-state index is 0.0443. The Morgan fingerprint density at radius 1 is 1.23 bits per heavy atom. The number of carbonyl (C=O) groups is 1. The first-order valence-corrected chi connectivity index (χ1v) is 11.0. The van der Waals surface area contributed by atoms with Crippen molar-refractivity contribution in [3.63, 3.8) is 0 Å². The second-order valence-corrected chi connectivity index (χ2v) is 8.53. The zero-order valence-corrected chi connectivity index (χ0v) is 19.2. The Balaban J connectivity index is 1.80. The van der Waals surface area contributed by atoms with Crippen LogP contribution in [0.3, 0.4) is 0 Å². The molecule has 7 heteroatoms. The largest absolute Gasteiger partial charge is 0.497 e. The predicted octanol–water partition coefficient (Wildman–Crippen LogP) is 5.72. The van der Waals surface area contributed by atoms with Gasteiger partial charge in [-0.2, -0.15) is 0 Å². The Hall–Kier alpha value is -1.95. The summed E-state index contributed by atoms with van der Waals surface area (Å²) in [6, 6.07) is 12.9. The van der Waals surface area contributed by atoms with E-state index in [1.54, 1.807) is 13.2 Å². The van der Waals surface area contributed by atoms with Gasteiger partial charge >= 0.3 is 6.03 Å². The Labute approximate surface area is 188 Å². The van der Waals surface area contributed by atoms with Gasteiger partial charge in [0.1, 0.15) is 5.75 Å². The highest BCUT2D eigenvalue weighted by molar-refractivity contribution is 6.42. The minimum Gasteiger partial charge on any atom is -0.497 e. The molecule has 0 radical (unpaired) electrons. The molecule has 2 aromatic carbocycles. The summed E-state index contributed by atoms with van der Waals surface area (Å²) in [6.45, 7) is 3.42. The topological polar surface area (TPSA) is 44.8 Å². The van der Waals surface area contributed by atoms with Crippen LogP contribution >= 0.6 is 23.2 Å². The van der Waals surface area contributed by atoms with Gasteiger partial charge < -0.3 is 15.0 Å². The highest BCUT2D eigenvalue weighted by Crippen LogP contribution is 2.30. The molecule has 1 N–H and O–H groups in total. The molecule has 1 fully saturated rings. The molecule has 1 heterocycles. The molecule has 0 bridgehead atoms. The van der Waals surface area contributed by atoms with Crippen molar-refractivity contribution in [1.82, 2.24) is 15.1 Å². The predicted molar refractivity (Wildman–Crippen MR) is 122 cm³/mol. The van der Waals surface area contributed by atoms with E-state index in [0.29, 0.717) is 16.6 Å². The maximum Gasteiger partial charge on any atom is 0.319 e. The van der Waals surface area contributed by atoms with Gasteiger partial charge in [-0.1, -0.05) is 47.5 Å². The molecule has 162 valence electrons. The first kappa shape index (κ1) is 22.7. The van der Waals surface area contributed by atoms with Gasteiger partial charge in [-0.05, 0) is 69.1 Å². The Bertz CT molecular complexity index is 860. The minimum atomic E-state index is -0.268. The van der Waals surface area contributed by atoms with Crippen molar-refractivity contribution in [2.75, 3.05) is 20.7 Å². The van der Waals surface area contributed by atoms with Crippen LogP contribution in [0, 0.1) is 0 Å². The lowest BCUT2D eigenvalue weighted by atomic mass is 10.1. The standard InChI is InChI=1S/C23H29Cl2N3O2/c1-16(19-7-6-8-20(24)22(19)25)26-23(29)28(21-9-4-5-14-27(21)2)15-17-10-12-18(30-3)13-11-17/h6-8,10-13,16,21H,4-5,9,14-15H2,1-3H3,(H,26,29). The number of urea groups is 1. The first-order valence-electron chi connectivity index (χ1n) is 10.2. The van der Waals surface area contributed by atoms with E-state index in [2.05, 4.69) is 17.3 Å². The molecule has 1 aliphatic heterocycles. The van der Waals surface area contributed by atoms with Gasteiger partial charge in [0.15, 0.2) is 0 Å². The van der Waals surface area contributed by atoms with E-state index in [1.807, 2.05) is 48.2 Å². The number of halogens is 2. The Morgan fingerprint density at radius 3 is 2.63 bits per heavy atom. The van der Waals surface area contributed by atoms with E-state index in [0.717, 1.165) is 42.7 Å². The number of methoxy groups -OCH3 is 1. The quantitative estimate of drug-likeness (QED) is 0.613. The molecular weight excluding hydrogens is 421 g/mol. The number of hydrogen-bond donors (Lipinski definition) is 1. The number of rotatable bonds is 6. The van der Waals surface area contributed by atoms with Crippen molar-refractivity contribution in [3.8, 4) is 5.75 Å². The van der Waals surface area contributed by atoms with Crippen LogP contribution in [0.4, 0.5) is 4.79 Å². The number of benzene rings is 2. The van der Waals surface area contributed by atoms with E-state index in [4.69, 9.17) is 27.9 Å². The van der Waals surface area contributed by atoms with Crippen LogP contribution in [0.5, 0.6) is 5.75 Å². The van der Waals surface area contributed by atoms with Crippen LogP contribution in [0.15, 0.2) is 42.5 Å². The summed E-state index contributed by atoms with van der Waals surface area (Å²) in [5.41, 5.74) is 1.86. The fraction of sp³-hybridized carbons (Fsp3) is 0.435. The van der Waals surface area contributed by atoms with Crippen molar-refractivity contribution in [2.45, 2.75) is 44.9 Å². The van der Waals surface area contributed by atoms with Gasteiger partial charge in [-0.3, -0.25) is 4.90 Å². The summed E-state index contributed by atoms with van der Waals surface area (Å²) in [4.78, 5) is 17.5. The average molecular weight is 450 g/mol. The molecule has 2 amide bonds. The fourth-order valence-electron chi connectivity index (χ4n) is 3.89. The third-order valence-electron chi connectivity index (χ3n) is 5.65. The van der Waals surface area contributed by atoms with E-state index in [1.165, 1.54) is 0 Å². The fourth-order valence-corrected chi connectivity index (χ4v) is 4.36. The number of nitrogens with one attached hydrogen (secondary N) is 1. The molecule has 1 aliphatic rings. The van der Waals surface area contributed by atoms with Gasteiger partial charge in [0.2, 0.25) is 0 Å². The summed E-state index contributed by atoms with van der Waals surface area (Å²) in [5.74, 6) is 0.800. The Kier molecular flexibility index (Phi) is 7.87. The van der Waals surface area contributed by atoms with Gasteiger partial charge in [0, 0.05) is 6.54 Å². The second-order valence-electron chi connectivity index (χ2n) is 7.75. The van der Waals surface area contributed by atoms with Crippen molar-refractivity contribution in [2.24, 2.45) is 0 Å². The van der Waals surface area contributed by atoms with Crippen molar-refractivity contribution < 1.29 is 9.53 Å². The van der Waals surface area contributed by atoms with Crippen molar-refractivity contribution >= 4 is 29.2 Å². The van der Waals surface area contributed by atoms with Crippen LogP contribution in [-0.2, 0) is 6.54 Å². The molecular formula is C23H29Cl2N3O2. The molecule has 0 saturated carbocycles. The smallest absolute Gasteiger partial charge is 0.319 e. The monoisotopic (exact) mass is 449 g/mol. The van der Waals surface area contributed by atoms with E-state index >= 15 is 0 Å². The lowest BCUT2D eigenvalue weighted by Crippen LogP contribution is -2.54. The van der Waals surface area contributed by atoms with Crippen LogP contribution in [0.2, 0.25) is 10.0 Å². The molecule has 0 spiro atoms. The Morgan fingerprint density at radius 2 is 1.97 bits per heavy atom. The third-order valence-corrected chi connectivity index (χ3v) is 6.49. The first-order chi connectivity index (χ1) is 14.4. The van der Waals surface area contributed by atoms with Gasteiger partial charge in [0.25, 0.3) is 0 Å². The summed E-state index contributed by atoms with van der Waals surface area (Å²) < 4.78 is 5.25. The number of amides is 2. The molecule has 0 aliphatic carbocycles. The molecule has 2 aromatic rings. The van der Waals surface area contributed by atoms with Crippen molar-refractivity contribution in [1.29, 1.82) is 0 Å². The van der Waals surface area contributed by atoms with Gasteiger partial charge in [0.05, 0.1) is 29.4 Å². The van der Waals surface area contributed by atoms with E-state index in [9.17, 15) is 4.79 Å². The molecule has 3 rings (SSSR count). The summed E-state index contributed by atoms with van der Waals surface area (Å²) in [7, 11) is 3.73. The highest BCUT2D eigenvalue weighted by atomic mass is 35.5. The van der Waals surface area contributed by atoms with E-state index in [-0.39, 0.29) is 18.2 Å². The SMILES string of the molecule is COc1ccc(CN(C(=O)NC(C)c2cccc(Cl)c2Cl)C2CCCCN2C)cc1. The van der Waals surface area contributed by atoms with E-state index < -0.39 is 0 Å². The van der Waals surface area contributed by atoms with Crippen molar-refractivity contribution in [3.05, 3.63) is 63.6 Å². The summed E-state index contributed by atoms with van der Waals surface area (Å²) in [5, 5.41) is 4.08. The number of likely N-dealkylation sites (tertiary alicyclic amines) is 1. The summed E-state index contributed by atoms with van der Waals surface area (Å²) >= 11 is 12.5. The zero-order chi connectivity index (χ0) is 21.7. The van der Waals surface area contributed by atoms with Crippen LogP contribution in [0.1, 0.15) is 43.4 Å². The molecule has 1 saturated heterocycles. The molecule has 2 unspecified atom stereocenters. The lowest BCUT2D eigenvalue weighted by molar-refractivity contribution is 0.0498. The zero-order valence-electron chi connectivity index (χ0n) is 17.7. The number of ether oxygens (including phenoxy) is 1. The molecule has 0 aromatic heterocycles. The van der Waals surface area contributed by atoms with Gasteiger partial charge in [-0.25, -0.2) is 4.79 Å². The third kappa shape index (κ3) is 5.39. The second kappa shape index (κ2) is 10.4. The lowest BCUT2D eigenvalue weighted by Gasteiger charge is -2.41. The average Bonchev–Trinajstić information content (AvgIpc) is 2.75. The van der Waals surface area contributed by atoms with Crippen LogP contribution < -0.4 is 10.1 Å².